The molecule has 0 radical (unpaired) electrons. The van der Waals surface area contributed by atoms with E-state index in [9.17, 15) is 40.3 Å². The van der Waals surface area contributed by atoms with E-state index in [2.05, 4.69) is 6.58 Å². The van der Waals surface area contributed by atoms with Gasteiger partial charge >= 0.3 is 24.5 Å². The summed E-state index contributed by atoms with van der Waals surface area (Å²) in [5, 5.41) is 0. The molecular weight excluding hydrogens is 571 g/mol. The largest absolute Gasteiger partial charge is 0.444 e. The number of carbonyl (C=O) groups is 2. The first kappa shape index (κ1) is 32.7. The predicted molar refractivity (Wildman–Crippen MR) is 142 cm³/mol. The van der Waals surface area contributed by atoms with E-state index >= 15 is 0 Å². The number of nitrogens with zero attached hydrogens (tertiary/aromatic N) is 3. The SMILES string of the molecule is C=CCCN(C(=O)N1CCN(C(=O)OC(C)(C)C)CC1c1ccc(F)cc1C)c1cc(C(F)(F)F)cc(C(F)(F)F)c1. The van der Waals surface area contributed by atoms with Crippen LogP contribution >= 0.6 is 0 Å². The van der Waals surface area contributed by atoms with E-state index in [1.54, 1.807) is 27.7 Å². The molecule has 1 heterocycles. The van der Waals surface area contributed by atoms with Crippen LogP contribution in [0.3, 0.4) is 0 Å². The lowest BCUT2D eigenvalue weighted by Crippen LogP contribution is -2.56. The summed E-state index contributed by atoms with van der Waals surface area (Å²) in [6, 6.07) is 2.98. The molecule has 0 aliphatic carbocycles. The smallest absolute Gasteiger partial charge is 0.416 e. The fourth-order valence-corrected chi connectivity index (χ4v) is 4.59. The van der Waals surface area contributed by atoms with Crippen LogP contribution in [0.4, 0.5) is 46.0 Å². The summed E-state index contributed by atoms with van der Waals surface area (Å²) in [4.78, 5) is 30.4. The van der Waals surface area contributed by atoms with E-state index < -0.39 is 58.8 Å². The Bertz CT molecular complexity index is 1290. The second-order valence-electron chi connectivity index (χ2n) is 10.9. The number of urea groups is 1. The minimum Gasteiger partial charge on any atom is -0.444 e. The maximum Gasteiger partial charge on any atom is 0.416 e. The van der Waals surface area contributed by atoms with Gasteiger partial charge in [0.15, 0.2) is 0 Å². The Morgan fingerprint density at radius 3 is 2.10 bits per heavy atom. The Balaban J connectivity index is 2.11. The minimum absolute atomic E-state index is 0.00998. The van der Waals surface area contributed by atoms with Gasteiger partial charge in [-0.15, -0.1) is 6.58 Å². The lowest BCUT2D eigenvalue weighted by atomic mass is 9.97. The summed E-state index contributed by atoms with van der Waals surface area (Å²) < 4.78 is 101. The number of aryl methyl sites for hydroxylation is 1. The molecule has 1 fully saturated rings. The van der Waals surface area contributed by atoms with Gasteiger partial charge in [0.1, 0.15) is 11.4 Å². The molecule has 2 aromatic carbocycles. The lowest BCUT2D eigenvalue weighted by molar-refractivity contribution is -0.143. The summed E-state index contributed by atoms with van der Waals surface area (Å²) in [7, 11) is 0. The molecule has 1 aliphatic heterocycles. The van der Waals surface area contributed by atoms with Crippen LogP contribution in [-0.4, -0.2) is 53.7 Å². The molecule has 6 nitrogen and oxygen atoms in total. The Labute approximate surface area is 239 Å². The number of halogens is 7. The number of hydrogen-bond acceptors (Lipinski definition) is 3. The first-order valence-electron chi connectivity index (χ1n) is 13.0. The number of carbonyl (C=O) groups excluding carboxylic acids is 2. The van der Waals surface area contributed by atoms with Gasteiger partial charge in [0.25, 0.3) is 0 Å². The van der Waals surface area contributed by atoms with Crippen LogP contribution in [0, 0.1) is 12.7 Å². The van der Waals surface area contributed by atoms with Gasteiger partial charge in [-0.25, -0.2) is 14.0 Å². The van der Waals surface area contributed by atoms with Crippen molar-refractivity contribution in [3.8, 4) is 0 Å². The van der Waals surface area contributed by atoms with Crippen molar-refractivity contribution in [3.05, 3.63) is 77.1 Å². The van der Waals surface area contributed by atoms with Crippen LogP contribution in [0.15, 0.2) is 49.1 Å². The summed E-state index contributed by atoms with van der Waals surface area (Å²) >= 11 is 0. The quantitative estimate of drug-likeness (QED) is 0.257. The van der Waals surface area contributed by atoms with Crippen LogP contribution in [0.5, 0.6) is 0 Å². The van der Waals surface area contributed by atoms with E-state index in [4.69, 9.17) is 4.74 Å². The first-order valence-corrected chi connectivity index (χ1v) is 13.0. The van der Waals surface area contributed by atoms with Crippen molar-refractivity contribution in [2.45, 2.75) is 58.1 Å². The zero-order chi connectivity index (χ0) is 31.6. The van der Waals surface area contributed by atoms with Gasteiger partial charge in [-0.2, -0.15) is 26.3 Å². The van der Waals surface area contributed by atoms with E-state index in [1.807, 2.05) is 0 Å². The second-order valence-corrected chi connectivity index (χ2v) is 10.9. The van der Waals surface area contributed by atoms with Crippen LogP contribution < -0.4 is 4.90 Å². The first-order chi connectivity index (χ1) is 19.3. The van der Waals surface area contributed by atoms with Crippen molar-refractivity contribution in [3.63, 3.8) is 0 Å². The average Bonchev–Trinajstić information content (AvgIpc) is 2.86. The third-order valence-corrected chi connectivity index (χ3v) is 6.54. The number of ether oxygens (including phenoxy) is 1. The van der Waals surface area contributed by atoms with Crippen LogP contribution in [-0.2, 0) is 17.1 Å². The molecule has 1 atom stereocenters. The van der Waals surface area contributed by atoms with Gasteiger partial charge < -0.3 is 14.5 Å². The highest BCUT2D eigenvalue weighted by Crippen LogP contribution is 2.39. The van der Waals surface area contributed by atoms with Crippen molar-refractivity contribution < 1.29 is 45.1 Å². The number of anilines is 1. The highest BCUT2D eigenvalue weighted by molar-refractivity contribution is 5.93. The van der Waals surface area contributed by atoms with Crippen molar-refractivity contribution in [2.75, 3.05) is 31.1 Å². The molecule has 2 aromatic rings. The normalized spacial score (nSPS) is 16.3. The van der Waals surface area contributed by atoms with Crippen molar-refractivity contribution in [1.29, 1.82) is 0 Å². The Hall–Kier alpha value is -3.77. The molecule has 0 saturated carbocycles. The molecule has 1 aliphatic rings. The fraction of sp³-hybridized carbons (Fsp3) is 0.448. The zero-order valence-corrected chi connectivity index (χ0v) is 23.6. The number of alkyl halides is 6. The van der Waals surface area contributed by atoms with Crippen molar-refractivity contribution in [2.24, 2.45) is 0 Å². The maximum absolute atomic E-state index is 14.0. The van der Waals surface area contributed by atoms with Crippen LogP contribution in [0.25, 0.3) is 0 Å². The van der Waals surface area contributed by atoms with Crippen LogP contribution in [0.1, 0.15) is 55.5 Å². The van der Waals surface area contributed by atoms with E-state index in [0.29, 0.717) is 23.3 Å². The summed E-state index contributed by atoms with van der Waals surface area (Å²) in [6.45, 7) is 9.62. The summed E-state index contributed by atoms with van der Waals surface area (Å²) in [5.41, 5.74) is -3.68. The number of amides is 3. The Kier molecular flexibility index (Phi) is 9.53. The van der Waals surface area contributed by atoms with Gasteiger partial charge in [0, 0.05) is 31.9 Å². The third kappa shape index (κ3) is 7.95. The van der Waals surface area contributed by atoms with E-state index in [1.165, 1.54) is 28.0 Å². The molecular formula is C29H32F7N3O3. The standard InChI is InChI=1S/C29H32F7N3O3/c1-6-7-10-38(22-15-19(28(31,32)33)14-20(16-22)29(34,35)36)25(40)39-12-11-37(26(41)42-27(3,4)5)17-24(39)23-9-8-21(30)13-18(23)2/h6,8-9,13-16,24H,1,7,10-12,17H2,2-5H3. The molecule has 230 valence electrons. The van der Waals surface area contributed by atoms with Crippen LogP contribution in [0.2, 0.25) is 0 Å². The zero-order valence-electron chi connectivity index (χ0n) is 23.6. The highest BCUT2D eigenvalue weighted by atomic mass is 19.4. The van der Waals surface area contributed by atoms with Crippen molar-refractivity contribution in [1.82, 2.24) is 9.80 Å². The van der Waals surface area contributed by atoms with E-state index in [0.717, 1.165) is 11.0 Å². The molecule has 0 bridgehead atoms. The number of benzene rings is 2. The number of hydrogen-bond donors (Lipinski definition) is 0. The molecule has 0 aromatic heterocycles. The fourth-order valence-electron chi connectivity index (χ4n) is 4.59. The third-order valence-electron chi connectivity index (χ3n) is 6.54. The van der Waals surface area contributed by atoms with Gasteiger partial charge in [-0.1, -0.05) is 12.1 Å². The minimum atomic E-state index is -5.12. The highest BCUT2D eigenvalue weighted by Gasteiger charge is 2.41. The molecule has 3 rings (SSSR count). The molecule has 13 heteroatoms. The van der Waals surface area contributed by atoms with Gasteiger partial charge in [0.2, 0.25) is 0 Å². The molecule has 0 N–H and O–H groups in total. The molecule has 3 amide bonds. The second kappa shape index (κ2) is 12.2. The summed E-state index contributed by atoms with van der Waals surface area (Å²) in [6.07, 6.45) is -9.47. The summed E-state index contributed by atoms with van der Waals surface area (Å²) in [5.74, 6) is -0.551. The number of piperazine rings is 1. The predicted octanol–water partition coefficient (Wildman–Crippen LogP) is 7.97. The average molecular weight is 604 g/mol. The molecule has 1 unspecified atom stereocenters. The maximum atomic E-state index is 14.0. The Morgan fingerprint density at radius 1 is 1.00 bits per heavy atom. The van der Waals surface area contributed by atoms with Gasteiger partial charge in [-0.3, -0.25) is 4.90 Å². The lowest BCUT2D eigenvalue weighted by Gasteiger charge is -2.44. The van der Waals surface area contributed by atoms with Gasteiger partial charge in [0.05, 0.1) is 17.2 Å². The molecule has 42 heavy (non-hydrogen) atoms. The Morgan fingerprint density at radius 2 is 1.60 bits per heavy atom. The van der Waals surface area contributed by atoms with Gasteiger partial charge in [-0.05, 0) is 75.6 Å². The van der Waals surface area contributed by atoms with Crippen molar-refractivity contribution >= 4 is 17.8 Å². The molecule has 1 saturated heterocycles. The topological polar surface area (TPSA) is 53.1 Å². The number of rotatable bonds is 5. The van der Waals surface area contributed by atoms with E-state index in [-0.39, 0.29) is 38.7 Å². The monoisotopic (exact) mass is 603 g/mol. The molecule has 0 spiro atoms.